The highest BCUT2D eigenvalue weighted by atomic mass is 32.2. The van der Waals surface area contributed by atoms with Crippen LogP contribution in [0.3, 0.4) is 0 Å². The van der Waals surface area contributed by atoms with Crippen molar-refractivity contribution in [3.05, 3.63) is 59.1 Å². The molecule has 1 aromatic heterocycles. The van der Waals surface area contributed by atoms with Crippen LogP contribution in [0.1, 0.15) is 28.2 Å². The number of nitrogens with one attached hydrogen (secondary N) is 1. The van der Waals surface area contributed by atoms with Gasteiger partial charge in [-0.05, 0) is 43.2 Å². The summed E-state index contributed by atoms with van der Waals surface area (Å²) in [6, 6.07) is 13.6. The molecule has 26 heavy (non-hydrogen) atoms. The molecule has 1 saturated carbocycles. The van der Waals surface area contributed by atoms with Crippen molar-refractivity contribution in [3.63, 3.8) is 0 Å². The minimum atomic E-state index is -3.61. The van der Waals surface area contributed by atoms with E-state index in [-0.39, 0.29) is 23.1 Å². The number of nitrogens with zero attached hydrogens (tertiary/aromatic N) is 1. The lowest BCUT2D eigenvalue weighted by Gasteiger charge is -2.07. The molecule has 1 fully saturated rings. The Morgan fingerprint density at radius 2 is 2.00 bits per heavy atom. The third-order valence-electron chi connectivity index (χ3n) is 3.94. The number of benzene rings is 2. The van der Waals surface area contributed by atoms with Gasteiger partial charge in [-0.15, -0.1) is 11.3 Å². The van der Waals surface area contributed by atoms with E-state index in [0.29, 0.717) is 5.01 Å². The molecule has 0 bridgehead atoms. The number of aromatic nitrogens is 1. The van der Waals surface area contributed by atoms with E-state index < -0.39 is 16.0 Å². The topological polar surface area (TPSA) is 85.4 Å². The number of esters is 1. The van der Waals surface area contributed by atoms with Crippen LogP contribution in [0, 0.1) is 0 Å². The predicted molar refractivity (Wildman–Crippen MR) is 98.5 cm³/mol. The largest absolute Gasteiger partial charge is 0.455 e. The number of fused-ring (bicyclic) bond motifs is 1. The number of carbonyl (C=O) groups is 1. The molecule has 4 rings (SSSR count). The van der Waals surface area contributed by atoms with Crippen LogP contribution in [0.2, 0.25) is 0 Å². The summed E-state index contributed by atoms with van der Waals surface area (Å²) >= 11 is 1.46. The third-order valence-corrected chi connectivity index (χ3v) is 6.47. The minimum Gasteiger partial charge on any atom is -0.455 e. The number of ether oxygens (including phenoxy) is 1. The molecule has 0 unspecified atom stereocenters. The molecule has 8 heteroatoms. The average molecular weight is 388 g/mol. The Morgan fingerprint density at radius 1 is 1.19 bits per heavy atom. The van der Waals surface area contributed by atoms with Crippen molar-refractivity contribution in [3.8, 4) is 0 Å². The Hall–Kier alpha value is -2.29. The summed E-state index contributed by atoms with van der Waals surface area (Å²) in [5.41, 5.74) is 1.06. The Kier molecular flexibility index (Phi) is 4.47. The Morgan fingerprint density at radius 3 is 2.77 bits per heavy atom. The van der Waals surface area contributed by atoms with Gasteiger partial charge < -0.3 is 4.74 Å². The van der Waals surface area contributed by atoms with E-state index in [4.69, 9.17) is 4.74 Å². The summed E-state index contributed by atoms with van der Waals surface area (Å²) in [7, 11) is -3.61. The zero-order valence-electron chi connectivity index (χ0n) is 13.7. The van der Waals surface area contributed by atoms with Crippen LogP contribution in [0.5, 0.6) is 0 Å². The minimum absolute atomic E-state index is 0.00893. The molecular formula is C18H16N2O4S2. The average Bonchev–Trinajstić information content (AvgIpc) is 3.34. The van der Waals surface area contributed by atoms with Crippen LogP contribution in [0.4, 0.5) is 0 Å². The summed E-state index contributed by atoms with van der Waals surface area (Å²) in [4.78, 5) is 16.8. The van der Waals surface area contributed by atoms with Crippen molar-refractivity contribution >= 4 is 37.5 Å². The van der Waals surface area contributed by atoms with E-state index in [0.717, 1.165) is 23.1 Å². The first-order valence-corrected chi connectivity index (χ1v) is 10.5. The molecule has 0 saturated heterocycles. The van der Waals surface area contributed by atoms with E-state index in [1.54, 1.807) is 0 Å². The fourth-order valence-corrected chi connectivity index (χ4v) is 4.70. The fourth-order valence-electron chi connectivity index (χ4n) is 2.47. The molecular weight excluding hydrogens is 372 g/mol. The second-order valence-electron chi connectivity index (χ2n) is 6.07. The molecule has 1 N–H and O–H groups in total. The van der Waals surface area contributed by atoms with Crippen LogP contribution >= 0.6 is 11.3 Å². The van der Waals surface area contributed by atoms with Crippen LogP contribution in [0.15, 0.2) is 53.4 Å². The maximum Gasteiger partial charge on any atom is 0.338 e. The van der Waals surface area contributed by atoms with Crippen molar-refractivity contribution in [2.75, 3.05) is 0 Å². The number of thiazole rings is 1. The summed E-state index contributed by atoms with van der Waals surface area (Å²) in [6.07, 6.45) is 1.70. The van der Waals surface area contributed by atoms with Gasteiger partial charge in [0.25, 0.3) is 0 Å². The van der Waals surface area contributed by atoms with Gasteiger partial charge in [-0.3, -0.25) is 0 Å². The zero-order valence-corrected chi connectivity index (χ0v) is 15.3. The maximum atomic E-state index is 12.3. The van der Waals surface area contributed by atoms with E-state index in [1.165, 1.54) is 35.6 Å². The molecule has 1 heterocycles. The Balaban J connectivity index is 1.46. The molecule has 6 nitrogen and oxygen atoms in total. The molecule has 2 aromatic carbocycles. The van der Waals surface area contributed by atoms with Crippen LogP contribution in [0.25, 0.3) is 10.2 Å². The van der Waals surface area contributed by atoms with Gasteiger partial charge in [-0.1, -0.05) is 18.2 Å². The van der Waals surface area contributed by atoms with Crippen molar-refractivity contribution in [1.82, 2.24) is 9.71 Å². The second kappa shape index (κ2) is 6.79. The van der Waals surface area contributed by atoms with Gasteiger partial charge in [0.1, 0.15) is 11.6 Å². The molecule has 1 aliphatic carbocycles. The highest BCUT2D eigenvalue weighted by molar-refractivity contribution is 7.89. The normalized spacial score (nSPS) is 14.5. The number of hydrogen-bond acceptors (Lipinski definition) is 6. The van der Waals surface area contributed by atoms with E-state index in [2.05, 4.69) is 9.71 Å². The molecule has 0 amide bonds. The quantitative estimate of drug-likeness (QED) is 0.656. The molecule has 134 valence electrons. The van der Waals surface area contributed by atoms with Gasteiger partial charge in [0.2, 0.25) is 10.0 Å². The number of hydrogen-bond donors (Lipinski definition) is 1. The number of para-hydroxylation sites is 1. The van der Waals surface area contributed by atoms with Crippen molar-refractivity contribution in [1.29, 1.82) is 0 Å². The van der Waals surface area contributed by atoms with Crippen molar-refractivity contribution in [2.45, 2.75) is 30.4 Å². The summed E-state index contributed by atoms with van der Waals surface area (Å²) in [5.74, 6) is -0.576. The SMILES string of the molecule is O=C(OCc1nc2ccccc2s1)c1cccc(S(=O)(=O)NC2CC2)c1. The third kappa shape index (κ3) is 3.77. The van der Waals surface area contributed by atoms with Gasteiger partial charge in [0.15, 0.2) is 0 Å². The first-order valence-electron chi connectivity index (χ1n) is 8.15. The maximum absolute atomic E-state index is 12.3. The Bertz CT molecular complexity index is 1040. The van der Waals surface area contributed by atoms with Gasteiger partial charge in [0.05, 0.1) is 20.7 Å². The Labute approximate surface area is 154 Å². The van der Waals surface area contributed by atoms with Gasteiger partial charge in [-0.2, -0.15) is 0 Å². The lowest BCUT2D eigenvalue weighted by molar-refractivity contribution is 0.0472. The first-order chi connectivity index (χ1) is 12.5. The number of rotatable bonds is 6. The monoisotopic (exact) mass is 388 g/mol. The standard InChI is InChI=1S/C18H16N2O4S2/c21-18(24-11-17-19-15-6-1-2-7-16(15)25-17)12-4-3-5-14(10-12)26(22,23)20-13-8-9-13/h1-7,10,13,20H,8-9,11H2. The fraction of sp³-hybridized carbons (Fsp3) is 0.222. The number of carbonyl (C=O) groups excluding carboxylic acids is 1. The molecule has 0 atom stereocenters. The smallest absolute Gasteiger partial charge is 0.338 e. The highest BCUT2D eigenvalue weighted by Gasteiger charge is 2.28. The lowest BCUT2D eigenvalue weighted by atomic mass is 10.2. The predicted octanol–water partition coefficient (Wildman–Crippen LogP) is 3.09. The number of sulfonamides is 1. The van der Waals surface area contributed by atoms with Crippen molar-refractivity contribution in [2.24, 2.45) is 0 Å². The van der Waals surface area contributed by atoms with E-state index in [1.807, 2.05) is 24.3 Å². The van der Waals surface area contributed by atoms with Crippen LogP contribution in [-0.4, -0.2) is 25.4 Å². The molecule has 0 aliphatic heterocycles. The molecule has 0 spiro atoms. The van der Waals surface area contributed by atoms with E-state index >= 15 is 0 Å². The second-order valence-corrected chi connectivity index (χ2v) is 8.90. The highest BCUT2D eigenvalue weighted by Crippen LogP contribution is 2.24. The summed E-state index contributed by atoms with van der Waals surface area (Å²) < 4.78 is 33.5. The molecule has 0 radical (unpaired) electrons. The first kappa shape index (κ1) is 17.1. The van der Waals surface area contributed by atoms with Crippen LogP contribution < -0.4 is 4.72 Å². The van der Waals surface area contributed by atoms with Crippen molar-refractivity contribution < 1.29 is 17.9 Å². The molecule has 3 aromatic rings. The van der Waals surface area contributed by atoms with Crippen LogP contribution in [-0.2, 0) is 21.4 Å². The summed E-state index contributed by atoms with van der Waals surface area (Å²) in [6.45, 7) is 0.0511. The van der Waals surface area contributed by atoms with E-state index in [9.17, 15) is 13.2 Å². The summed E-state index contributed by atoms with van der Waals surface area (Å²) in [5, 5.41) is 0.693. The lowest BCUT2D eigenvalue weighted by Crippen LogP contribution is -2.25. The molecule has 1 aliphatic rings. The van der Waals surface area contributed by atoms with Gasteiger partial charge >= 0.3 is 5.97 Å². The zero-order chi connectivity index (χ0) is 18.1. The van der Waals surface area contributed by atoms with Gasteiger partial charge in [0, 0.05) is 6.04 Å². The van der Waals surface area contributed by atoms with Gasteiger partial charge in [-0.25, -0.2) is 22.9 Å².